The van der Waals surface area contributed by atoms with Gasteiger partial charge >= 0.3 is 0 Å². The van der Waals surface area contributed by atoms with Crippen molar-refractivity contribution in [1.29, 1.82) is 0 Å². The average Bonchev–Trinajstić information content (AvgIpc) is 3.12. The second kappa shape index (κ2) is 7.16. The van der Waals surface area contributed by atoms with Crippen molar-refractivity contribution in [2.75, 3.05) is 25.4 Å². The highest BCUT2D eigenvalue weighted by Crippen LogP contribution is 2.30. The van der Waals surface area contributed by atoms with Crippen LogP contribution in [0.15, 0.2) is 4.52 Å². The number of nitrogens with zero attached hydrogens (tertiary/aromatic N) is 3. The molecule has 2 rings (SSSR count). The molecule has 1 aromatic rings. The van der Waals surface area contributed by atoms with E-state index in [-0.39, 0.29) is 17.6 Å². The number of amides is 1. The van der Waals surface area contributed by atoms with Gasteiger partial charge in [-0.2, -0.15) is 4.98 Å². The van der Waals surface area contributed by atoms with Gasteiger partial charge < -0.3 is 10.3 Å². The van der Waals surface area contributed by atoms with E-state index in [1.165, 1.54) is 0 Å². The summed E-state index contributed by atoms with van der Waals surface area (Å²) in [6, 6.07) is -0.0385. The molecule has 0 bridgehead atoms. The van der Waals surface area contributed by atoms with Crippen molar-refractivity contribution in [3.8, 4) is 0 Å². The number of carbonyl (C=O) groups excluding carboxylic acids is 1. The molecule has 0 aromatic carbocycles. The van der Waals surface area contributed by atoms with Crippen molar-refractivity contribution in [1.82, 2.24) is 19.8 Å². The zero-order chi connectivity index (χ0) is 16.2. The molecular formula is C12H21N5O4S. The van der Waals surface area contributed by atoms with Crippen LogP contribution in [-0.2, 0) is 10.0 Å². The van der Waals surface area contributed by atoms with E-state index in [9.17, 15) is 13.2 Å². The monoisotopic (exact) mass is 331 g/mol. The zero-order valence-corrected chi connectivity index (χ0v) is 13.3. The maximum absolute atomic E-state index is 11.3. The van der Waals surface area contributed by atoms with E-state index in [2.05, 4.69) is 19.8 Å². The standard InChI is InChI=1S/C12H21N5O4S/c1-2-22(19,20)14-6-4-8-17-7-3-5-9(17)12-15-11(10(13)18)16-21-12/h9,14H,2-8H2,1H3,(H2,13,18). The quantitative estimate of drug-likeness (QED) is 0.621. The van der Waals surface area contributed by atoms with Gasteiger partial charge in [0.05, 0.1) is 11.8 Å². The largest absolute Gasteiger partial charge is 0.363 e. The van der Waals surface area contributed by atoms with E-state index in [1.54, 1.807) is 6.92 Å². The molecule has 22 heavy (non-hydrogen) atoms. The minimum Gasteiger partial charge on any atom is -0.363 e. The molecular weight excluding hydrogens is 310 g/mol. The second-order valence-electron chi connectivity index (χ2n) is 5.17. The van der Waals surface area contributed by atoms with Crippen molar-refractivity contribution >= 4 is 15.9 Å². The number of hydrogen-bond acceptors (Lipinski definition) is 7. The number of hydrogen-bond donors (Lipinski definition) is 2. The third-order valence-electron chi connectivity index (χ3n) is 3.63. The van der Waals surface area contributed by atoms with Gasteiger partial charge in [0, 0.05) is 13.1 Å². The third-order valence-corrected chi connectivity index (χ3v) is 5.04. The smallest absolute Gasteiger partial charge is 0.290 e. The van der Waals surface area contributed by atoms with Crippen molar-refractivity contribution in [2.45, 2.75) is 32.2 Å². The summed E-state index contributed by atoms with van der Waals surface area (Å²) < 4.78 is 30.3. The molecule has 9 nitrogen and oxygen atoms in total. The van der Waals surface area contributed by atoms with Crippen LogP contribution in [0.4, 0.5) is 0 Å². The van der Waals surface area contributed by atoms with Crippen LogP contribution in [0, 0.1) is 0 Å². The lowest BCUT2D eigenvalue weighted by atomic mass is 10.2. The maximum Gasteiger partial charge on any atom is 0.290 e. The molecule has 1 saturated heterocycles. The number of sulfonamides is 1. The Kier molecular flexibility index (Phi) is 5.48. The first kappa shape index (κ1) is 16.8. The Hall–Kier alpha value is -1.52. The minimum atomic E-state index is -3.15. The van der Waals surface area contributed by atoms with Crippen molar-refractivity contribution in [3.63, 3.8) is 0 Å². The molecule has 2 heterocycles. The molecule has 1 unspecified atom stereocenters. The summed E-state index contributed by atoms with van der Waals surface area (Å²) in [5, 5.41) is 3.56. The molecule has 1 atom stereocenters. The predicted molar refractivity (Wildman–Crippen MR) is 78.4 cm³/mol. The minimum absolute atomic E-state index is 0.0385. The predicted octanol–water partition coefficient (Wildman–Crippen LogP) is -0.365. The summed E-state index contributed by atoms with van der Waals surface area (Å²) >= 11 is 0. The van der Waals surface area contributed by atoms with Crippen LogP contribution in [0.1, 0.15) is 48.7 Å². The lowest BCUT2D eigenvalue weighted by molar-refractivity contribution is 0.0987. The first-order valence-corrected chi connectivity index (χ1v) is 8.93. The van der Waals surface area contributed by atoms with Gasteiger partial charge in [-0.1, -0.05) is 5.16 Å². The first-order valence-electron chi connectivity index (χ1n) is 7.27. The van der Waals surface area contributed by atoms with Gasteiger partial charge in [0.2, 0.25) is 15.9 Å². The van der Waals surface area contributed by atoms with E-state index in [4.69, 9.17) is 10.3 Å². The fraction of sp³-hybridized carbons (Fsp3) is 0.750. The summed E-state index contributed by atoms with van der Waals surface area (Å²) in [4.78, 5) is 17.2. The highest BCUT2D eigenvalue weighted by atomic mass is 32.2. The zero-order valence-electron chi connectivity index (χ0n) is 12.5. The Balaban J connectivity index is 1.86. The number of rotatable bonds is 8. The molecule has 1 amide bonds. The molecule has 1 aromatic heterocycles. The van der Waals surface area contributed by atoms with E-state index in [0.29, 0.717) is 25.4 Å². The Morgan fingerprint density at radius 3 is 2.95 bits per heavy atom. The Morgan fingerprint density at radius 2 is 2.32 bits per heavy atom. The number of aromatic nitrogens is 2. The van der Waals surface area contributed by atoms with E-state index in [0.717, 1.165) is 19.4 Å². The summed E-state index contributed by atoms with van der Waals surface area (Å²) in [5.74, 6) is -0.358. The molecule has 10 heteroatoms. The SMILES string of the molecule is CCS(=O)(=O)NCCCN1CCCC1c1nc(C(N)=O)no1. The van der Waals surface area contributed by atoms with E-state index < -0.39 is 15.9 Å². The third kappa shape index (κ3) is 4.24. The maximum atomic E-state index is 11.3. The van der Waals surface area contributed by atoms with E-state index >= 15 is 0 Å². The Morgan fingerprint density at radius 1 is 1.55 bits per heavy atom. The number of carbonyl (C=O) groups is 1. The topological polar surface area (TPSA) is 131 Å². The van der Waals surface area contributed by atoms with Gasteiger partial charge in [0.15, 0.2) is 0 Å². The molecule has 0 aliphatic carbocycles. The summed E-state index contributed by atoms with van der Waals surface area (Å²) in [6.07, 6.45) is 2.53. The van der Waals surface area contributed by atoms with Crippen LogP contribution < -0.4 is 10.5 Å². The molecule has 0 saturated carbocycles. The fourth-order valence-electron chi connectivity index (χ4n) is 2.46. The highest BCUT2D eigenvalue weighted by Gasteiger charge is 2.30. The Labute approximate surface area is 129 Å². The molecule has 1 aliphatic rings. The van der Waals surface area contributed by atoms with E-state index in [1.807, 2.05) is 0 Å². The Bertz CT molecular complexity index is 615. The first-order chi connectivity index (χ1) is 10.4. The second-order valence-corrected chi connectivity index (χ2v) is 7.26. The number of nitrogens with two attached hydrogens (primary N) is 1. The summed E-state index contributed by atoms with van der Waals surface area (Å²) in [7, 11) is -3.15. The van der Waals surface area contributed by atoms with Crippen LogP contribution in [0.5, 0.6) is 0 Å². The summed E-state index contributed by atoms with van der Waals surface area (Å²) in [6.45, 7) is 3.59. The molecule has 0 spiro atoms. The molecule has 0 radical (unpaired) electrons. The molecule has 1 aliphatic heterocycles. The number of primary amides is 1. The van der Waals surface area contributed by atoms with Gasteiger partial charge in [0.1, 0.15) is 0 Å². The highest BCUT2D eigenvalue weighted by molar-refractivity contribution is 7.89. The van der Waals surface area contributed by atoms with Crippen molar-refractivity contribution < 1.29 is 17.7 Å². The molecule has 124 valence electrons. The fourth-order valence-corrected chi connectivity index (χ4v) is 3.12. The van der Waals surface area contributed by atoms with Gasteiger partial charge in [-0.25, -0.2) is 13.1 Å². The van der Waals surface area contributed by atoms with Crippen LogP contribution in [0.3, 0.4) is 0 Å². The van der Waals surface area contributed by atoms with Crippen molar-refractivity contribution in [2.24, 2.45) is 5.73 Å². The number of nitrogens with one attached hydrogen (secondary N) is 1. The average molecular weight is 331 g/mol. The number of likely N-dealkylation sites (tertiary alicyclic amines) is 1. The lowest BCUT2D eigenvalue weighted by Crippen LogP contribution is -2.30. The van der Waals surface area contributed by atoms with Gasteiger partial charge in [-0.3, -0.25) is 9.69 Å². The van der Waals surface area contributed by atoms with Crippen LogP contribution in [0.2, 0.25) is 0 Å². The van der Waals surface area contributed by atoms with Crippen LogP contribution in [-0.4, -0.2) is 54.8 Å². The summed E-state index contributed by atoms with van der Waals surface area (Å²) in [5.41, 5.74) is 5.11. The van der Waals surface area contributed by atoms with Crippen LogP contribution >= 0.6 is 0 Å². The molecule has 1 fully saturated rings. The van der Waals surface area contributed by atoms with Crippen molar-refractivity contribution in [3.05, 3.63) is 11.7 Å². The van der Waals surface area contributed by atoms with Gasteiger partial charge in [-0.05, 0) is 32.7 Å². The lowest BCUT2D eigenvalue weighted by Gasteiger charge is -2.21. The normalized spacial score (nSPS) is 19.6. The van der Waals surface area contributed by atoms with Gasteiger partial charge in [0.25, 0.3) is 11.7 Å². The molecule has 3 N–H and O–H groups in total. The van der Waals surface area contributed by atoms with Gasteiger partial charge in [-0.15, -0.1) is 0 Å². The van der Waals surface area contributed by atoms with Crippen LogP contribution in [0.25, 0.3) is 0 Å².